The van der Waals surface area contributed by atoms with Gasteiger partial charge in [0.1, 0.15) is 6.10 Å². The Morgan fingerprint density at radius 1 is 1.78 bits per heavy atom. The Balaban J connectivity index is 2.19. The van der Waals surface area contributed by atoms with Gasteiger partial charge in [0.15, 0.2) is 0 Å². The summed E-state index contributed by atoms with van der Waals surface area (Å²) in [4.78, 5) is 10.4. The number of esters is 1. The molecule has 1 aliphatic rings. The van der Waals surface area contributed by atoms with Crippen LogP contribution in [-0.2, 0) is 9.53 Å². The lowest BCUT2D eigenvalue weighted by atomic mass is 10.3. The zero-order valence-corrected chi connectivity index (χ0v) is 6.24. The molecular weight excluding hydrogens is 136 g/mol. The van der Waals surface area contributed by atoms with Crippen LogP contribution in [0, 0.1) is 0 Å². The molecule has 0 amide bonds. The van der Waals surface area contributed by atoms with Crippen molar-refractivity contribution in [2.24, 2.45) is 0 Å². The third kappa shape index (κ3) is 2.26. The highest BCUT2D eigenvalue weighted by Gasteiger charge is 2.17. The lowest BCUT2D eigenvalue weighted by Crippen LogP contribution is -2.14. The number of ether oxygens (including phenoxy) is 1. The van der Waals surface area contributed by atoms with Crippen LogP contribution in [-0.4, -0.2) is 23.6 Å². The van der Waals surface area contributed by atoms with Crippen LogP contribution in [0.4, 0.5) is 0 Å². The van der Waals surface area contributed by atoms with Crippen LogP contribution >= 0.6 is 11.8 Å². The van der Waals surface area contributed by atoms with Crippen LogP contribution in [0.5, 0.6) is 0 Å². The van der Waals surface area contributed by atoms with Crippen molar-refractivity contribution in [2.75, 3.05) is 11.5 Å². The average molecular weight is 146 g/mol. The normalized spacial score (nSPS) is 26.1. The van der Waals surface area contributed by atoms with E-state index in [2.05, 4.69) is 0 Å². The van der Waals surface area contributed by atoms with E-state index in [-0.39, 0.29) is 12.1 Å². The predicted molar refractivity (Wildman–Crippen MR) is 37.5 cm³/mol. The minimum Gasteiger partial charge on any atom is -0.462 e. The summed E-state index contributed by atoms with van der Waals surface area (Å²) in [6.45, 7) is 1.46. The fourth-order valence-electron chi connectivity index (χ4n) is 0.841. The number of carbonyl (C=O) groups excluding carboxylic acids is 1. The summed E-state index contributed by atoms with van der Waals surface area (Å²) in [6, 6.07) is 0. The Bertz CT molecular complexity index is 108. The van der Waals surface area contributed by atoms with Gasteiger partial charge in [0.2, 0.25) is 0 Å². The van der Waals surface area contributed by atoms with Gasteiger partial charge in [0.05, 0.1) is 0 Å². The van der Waals surface area contributed by atoms with Crippen molar-refractivity contribution in [3.8, 4) is 0 Å². The highest BCUT2D eigenvalue weighted by molar-refractivity contribution is 7.99. The zero-order chi connectivity index (χ0) is 6.69. The van der Waals surface area contributed by atoms with Crippen molar-refractivity contribution in [3.05, 3.63) is 0 Å². The Morgan fingerprint density at radius 3 is 3.00 bits per heavy atom. The highest BCUT2D eigenvalue weighted by atomic mass is 32.2. The molecule has 1 saturated heterocycles. The lowest BCUT2D eigenvalue weighted by molar-refractivity contribution is -0.145. The summed E-state index contributed by atoms with van der Waals surface area (Å²) >= 11 is 1.85. The largest absolute Gasteiger partial charge is 0.462 e. The van der Waals surface area contributed by atoms with Crippen LogP contribution in [0.1, 0.15) is 13.3 Å². The molecule has 1 aliphatic heterocycles. The first-order valence-corrected chi connectivity index (χ1v) is 4.19. The molecule has 0 aromatic carbocycles. The summed E-state index contributed by atoms with van der Waals surface area (Å²) in [6.07, 6.45) is 1.23. The van der Waals surface area contributed by atoms with Crippen molar-refractivity contribution >= 4 is 17.7 Å². The van der Waals surface area contributed by atoms with E-state index in [0.717, 1.165) is 17.9 Å². The van der Waals surface area contributed by atoms with E-state index >= 15 is 0 Å². The summed E-state index contributed by atoms with van der Waals surface area (Å²) < 4.78 is 4.95. The first kappa shape index (κ1) is 6.93. The van der Waals surface area contributed by atoms with Gasteiger partial charge in [-0.15, -0.1) is 0 Å². The Hall–Kier alpha value is -0.180. The smallest absolute Gasteiger partial charge is 0.302 e. The molecule has 1 fully saturated rings. The standard InChI is InChI=1S/C6H10O2S/c1-5(7)8-6-2-3-9-4-6/h6H,2-4H2,1H3/t6-/m1/s1. The highest BCUT2D eigenvalue weighted by Crippen LogP contribution is 2.19. The topological polar surface area (TPSA) is 26.3 Å². The Labute approximate surface area is 59.0 Å². The van der Waals surface area contributed by atoms with E-state index in [4.69, 9.17) is 4.74 Å². The van der Waals surface area contributed by atoms with Crippen LogP contribution in [0.2, 0.25) is 0 Å². The van der Waals surface area contributed by atoms with Crippen LogP contribution in [0.15, 0.2) is 0 Å². The van der Waals surface area contributed by atoms with Crippen molar-refractivity contribution < 1.29 is 9.53 Å². The molecule has 0 radical (unpaired) electrons. The molecule has 0 N–H and O–H groups in total. The first-order chi connectivity index (χ1) is 4.29. The molecule has 1 rings (SSSR count). The van der Waals surface area contributed by atoms with Gasteiger partial charge in [-0.1, -0.05) is 0 Å². The molecule has 0 aromatic heterocycles. The summed E-state index contributed by atoms with van der Waals surface area (Å²) in [5.41, 5.74) is 0. The molecule has 0 spiro atoms. The third-order valence-corrected chi connectivity index (χ3v) is 2.35. The molecule has 0 unspecified atom stereocenters. The van der Waals surface area contributed by atoms with Crippen molar-refractivity contribution in [1.82, 2.24) is 0 Å². The Morgan fingerprint density at radius 2 is 2.56 bits per heavy atom. The molecular formula is C6H10O2S. The van der Waals surface area contributed by atoms with Gasteiger partial charge in [0.25, 0.3) is 0 Å². The molecule has 52 valence electrons. The van der Waals surface area contributed by atoms with E-state index in [0.29, 0.717) is 0 Å². The SMILES string of the molecule is CC(=O)O[C@@H]1CCSC1. The summed E-state index contributed by atoms with van der Waals surface area (Å²) in [5, 5.41) is 0. The molecule has 1 atom stereocenters. The average Bonchev–Trinajstić information content (AvgIpc) is 2.15. The molecule has 3 heteroatoms. The summed E-state index contributed by atoms with van der Waals surface area (Å²) in [7, 11) is 0. The van der Waals surface area contributed by atoms with Crippen molar-refractivity contribution in [1.29, 1.82) is 0 Å². The zero-order valence-electron chi connectivity index (χ0n) is 5.42. The molecule has 2 nitrogen and oxygen atoms in total. The fraction of sp³-hybridized carbons (Fsp3) is 0.833. The second kappa shape index (κ2) is 3.11. The number of carbonyl (C=O) groups is 1. The third-order valence-electron chi connectivity index (χ3n) is 1.22. The van der Waals surface area contributed by atoms with E-state index in [1.54, 1.807) is 0 Å². The molecule has 9 heavy (non-hydrogen) atoms. The van der Waals surface area contributed by atoms with Gasteiger partial charge >= 0.3 is 5.97 Å². The lowest BCUT2D eigenvalue weighted by Gasteiger charge is -2.06. The Kier molecular flexibility index (Phi) is 2.39. The predicted octanol–water partition coefficient (Wildman–Crippen LogP) is 1.05. The fourth-order valence-corrected chi connectivity index (χ4v) is 1.93. The monoisotopic (exact) mass is 146 g/mol. The number of rotatable bonds is 1. The molecule has 0 aromatic rings. The maximum Gasteiger partial charge on any atom is 0.302 e. The maximum absolute atomic E-state index is 10.4. The number of hydrogen-bond donors (Lipinski definition) is 0. The van der Waals surface area contributed by atoms with Gasteiger partial charge in [-0.2, -0.15) is 11.8 Å². The molecule has 1 heterocycles. The molecule has 0 bridgehead atoms. The maximum atomic E-state index is 10.4. The van der Waals surface area contributed by atoms with Gasteiger partial charge in [-0.3, -0.25) is 4.79 Å². The van der Waals surface area contributed by atoms with E-state index in [9.17, 15) is 4.79 Å². The quantitative estimate of drug-likeness (QED) is 0.517. The summed E-state index contributed by atoms with van der Waals surface area (Å²) in [5.74, 6) is 1.97. The van der Waals surface area contributed by atoms with E-state index in [1.165, 1.54) is 6.92 Å². The van der Waals surface area contributed by atoms with Crippen LogP contribution in [0.25, 0.3) is 0 Å². The number of hydrogen-bond acceptors (Lipinski definition) is 3. The van der Waals surface area contributed by atoms with Crippen molar-refractivity contribution in [2.45, 2.75) is 19.4 Å². The van der Waals surface area contributed by atoms with E-state index in [1.807, 2.05) is 11.8 Å². The minimum absolute atomic E-state index is 0.150. The van der Waals surface area contributed by atoms with Gasteiger partial charge in [-0.05, 0) is 12.2 Å². The van der Waals surface area contributed by atoms with Crippen LogP contribution < -0.4 is 0 Å². The molecule has 0 aliphatic carbocycles. The van der Waals surface area contributed by atoms with Gasteiger partial charge in [-0.25, -0.2) is 0 Å². The van der Waals surface area contributed by atoms with Gasteiger partial charge in [0, 0.05) is 12.7 Å². The van der Waals surface area contributed by atoms with Gasteiger partial charge < -0.3 is 4.74 Å². The van der Waals surface area contributed by atoms with E-state index < -0.39 is 0 Å². The second-order valence-corrected chi connectivity index (χ2v) is 3.24. The number of thioether (sulfide) groups is 1. The van der Waals surface area contributed by atoms with Crippen LogP contribution in [0.3, 0.4) is 0 Å². The molecule has 0 saturated carbocycles. The second-order valence-electron chi connectivity index (χ2n) is 2.10. The minimum atomic E-state index is -0.150. The first-order valence-electron chi connectivity index (χ1n) is 3.04. The van der Waals surface area contributed by atoms with Crippen molar-refractivity contribution in [3.63, 3.8) is 0 Å².